The number of thiophene rings is 1. The summed E-state index contributed by atoms with van der Waals surface area (Å²) in [6.07, 6.45) is 0. The Labute approximate surface area is 67.8 Å². The average molecular weight is 173 g/mol. The van der Waals surface area contributed by atoms with Crippen molar-refractivity contribution < 1.29 is 0 Å². The summed E-state index contributed by atoms with van der Waals surface area (Å²) in [5.74, 6) is 0. The normalized spacial score (nSPS) is 12.5. The highest BCUT2D eigenvalue weighted by molar-refractivity contribution is 7.08. The number of nitrogens with two attached hydrogens (primary N) is 1. The molecule has 1 heterocycles. The molecule has 52 valence electrons. The molecule has 0 aromatic carbocycles. The molecule has 2 N–H and O–H groups in total. The van der Waals surface area contributed by atoms with Crippen LogP contribution in [0.1, 0.15) is 11.6 Å². The second-order valence-corrected chi connectivity index (χ2v) is 2.93. The van der Waals surface area contributed by atoms with Gasteiger partial charge in [-0.2, -0.15) is 16.6 Å². The Morgan fingerprint density at radius 1 is 1.70 bits per heavy atom. The van der Waals surface area contributed by atoms with Gasteiger partial charge in [-0.15, -0.1) is 0 Å². The number of hydrogen-bond acceptors (Lipinski definition) is 3. The molecule has 10 heavy (non-hydrogen) atoms. The van der Waals surface area contributed by atoms with Crippen molar-refractivity contribution in [2.24, 2.45) is 5.73 Å². The predicted octanol–water partition coefficient (Wildman–Crippen LogP) is 1.92. The second kappa shape index (κ2) is 3.02. The van der Waals surface area contributed by atoms with Gasteiger partial charge in [0.1, 0.15) is 6.04 Å². The SMILES string of the molecule is N#CC(N)c1cscc1Cl. The van der Waals surface area contributed by atoms with E-state index >= 15 is 0 Å². The maximum Gasteiger partial charge on any atom is 0.121 e. The Morgan fingerprint density at radius 2 is 2.40 bits per heavy atom. The zero-order valence-electron chi connectivity index (χ0n) is 5.04. The largest absolute Gasteiger partial charge is 0.312 e. The lowest BCUT2D eigenvalue weighted by Crippen LogP contribution is -2.05. The van der Waals surface area contributed by atoms with Crippen molar-refractivity contribution in [3.8, 4) is 6.07 Å². The topological polar surface area (TPSA) is 49.8 Å². The molecule has 0 amide bonds. The molecule has 1 unspecified atom stereocenters. The van der Waals surface area contributed by atoms with Crippen LogP contribution in [-0.2, 0) is 0 Å². The molecule has 0 aliphatic carbocycles. The molecular weight excluding hydrogens is 168 g/mol. The number of nitrogens with zero attached hydrogens (tertiary/aromatic N) is 1. The Balaban J connectivity index is 2.96. The highest BCUT2D eigenvalue weighted by Gasteiger charge is 2.08. The van der Waals surface area contributed by atoms with Gasteiger partial charge in [0.2, 0.25) is 0 Å². The molecule has 0 spiro atoms. The second-order valence-electron chi connectivity index (χ2n) is 1.78. The van der Waals surface area contributed by atoms with Crippen molar-refractivity contribution in [2.75, 3.05) is 0 Å². The van der Waals surface area contributed by atoms with E-state index in [1.807, 2.05) is 6.07 Å². The third-order valence-corrected chi connectivity index (χ3v) is 2.33. The zero-order valence-corrected chi connectivity index (χ0v) is 6.62. The van der Waals surface area contributed by atoms with Crippen LogP contribution in [0.25, 0.3) is 0 Å². The molecule has 0 saturated carbocycles. The monoisotopic (exact) mass is 172 g/mol. The molecule has 1 aromatic heterocycles. The molecule has 0 aliphatic heterocycles. The fraction of sp³-hybridized carbons (Fsp3) is 0.167. The Kier molecular flexibility index (Phi) is 2.28. The van der Waals surface area contributed by atoms with E-state index in [0.717, 1.165) is 0 Å². The Morgan fingerprint density at radius 3 is 2.80 bits per heavy atom. The van der Waals surface area contributed by atoms with Crippen LogP contribution >= 0.6 is 22.9 Å². The van der Waals surface area contributed by atoms with Crippen LogP contribution in [0.4, 0.5) is 0 Å². The quantitative estimate of drug-likeness (QED) is 0.704. The van der Waals surface area contributed by atoms with E-state index in [9.17, 15) is 0 Å². The summed E-state index contributed by atoms with van der Waals surface area (Å²) in [6, 6.07) is 1.32. The smallest absolute Gasteiger partial charge is 0.121 e. The fourth-order valence-electron chi connectivity index (χ4n) is 0.583. The number of halogens is 1. The van der Waals surface area contributed by atoms with Gasteiger partial charge >= 0.3 is 0 Å². The first-order valence-corrected chi connectivity index (χ1v) is 3.94. The Hall–Kier alpha value is -0.560. The maximum absolute atomic E-state index is 8.40. The average Bonchev–Trinajstić information content (AvgIpc) is 2.34. The minimum atomic E-state index is -0.584. The fourth-order valence-corrected chi connectivity index (χ4v) is 1.72. The first-order chi connectivity index (χ1) is 4.75. The van der Waals surface area contributed by atoms with E-state index in [0.29, 0.717) is 10.6 Å². The van der Waals surface area contributed by atoms with Gasteiger partial charge in [0.15, 0.2) is 0 Å². The molecule has 1 atom stereocenters. The molecule has 4 heteroatoms. The van der Waals surface area contributed by atoms with Gasteiger partial charge in [-0.3, -0.25) is 0 Å². The van der Waals surface area contributed by atoms with Gasteiger partial charge in [0, 0.05) is 10.9 Å². The van der Waals surface area contributed by atoms with Crippen LogP contribution in [0.3, 0.4) is 0 Å². The molecule has 0 radical (unpaired) electrons. The third kappa shape index (κ3) is 1.29. The number of hydrogen-bond donors (Lipinski definition) is 1. The highest BCUT2D eigenvalue weighted by Crippen LogP contribution is 2.24. The van der Waals surface area contributed by atoms with Crippen LogP contribution in [0.5, 0.6) is 0 Å². The molecule has 1 rings (SSSR count). The molecule has 0 fully saturated rings. The van der Waals surface area contributed by atoms with Crippen molar-refractivity contribution in [3.63, 3.8) is 0 Å². The van der Waals surface area contributed by atoms with Crippen molar-refractivity contribution >= 4 is 22.9 Å². The van der Waals surface area contributed by atoms with Crippen molar-refractivity contribution in [3.05, 3.63) is 21.3 Å². The van der Waals surface area contributed by atoms with Crippen molar-refractivity contribution in [1.82, 2.24) is 0 Å². The number of rotatable bonds is 1. The van der Waals surface area contributed by atoms with E-state index in [4.69, 9.17) is 22.6 Å². The highest BCUT2D eigenvalue weighted by atomic mass is 35.5. The standard InChI is InChI=1S/C6H5ClN2S/c7-5-3-10-2-4(5)6(9)1-8/h2-3,6H,9H2. The van der Waals surface area contributed by atoms with Crippen LogP contribution in [0.2, 0.25) is 5.02 Å². The van der Waals surface area contributed by atoms with E-state index in [1.165, 1.54) is 11.3 Å². The van der Waals surface area contributed by atoms with Gasteiger partial charge in [-0.25, -0.2) is 0 Å². The van der Waals surface area contributed by atoms with Crippen LogP contribution in [0.15, 0.2) is 10.8 Å². The minimum absolute atomic E-state index is 0.582. The zero-order chi connectivity index (χ0) is 7.56. The predicted molar refractivity (Wildman–Crippen MR) is 41.9 cm³/mol. The van der Waals surface area contributed by atoms with Gasteiger partial charge in [-0.1, -0.05) is 11.6 Å². The molecular formula is C6H5ClN2S. The van der Waals surface area contributed by atoms with Crippen LogP contribution in [0, 0.1) is 11.3 Å². The third-order valence-electron chi connectivity index (χ3n) is 1.12. The lowest BCUT2D eigenvalue weighted by molar-refractivity contribution is 0.933. The molecule has 2 nitrogen and oxygen atoms in total. The van der Waals surface area contributed by atoms with E-state index < -0.39 is 6.04 Å². The summed E-state index contributed by atoms with van der Waals surface area (Å²) in [5.41, 5.74) is 6.12. The summed E-state index contributed by atoms with van der Waals surface area (Å²) in [7, 11) is 0. The number of nitriles is 1. The first kappa shape index (κ1) is 7.55. The summed E-state index contributed by atoms with van der Waals surface area (Å²) >= 11 is 7.14. The summed E-state index contributed by atoms with van der Waals surface area (Å²) < 4.78 is 0. The summed E-state index contributed by atoms with van der Waals surface area (Å²) in [4.78, 5) is 0. The van der Waals surface area contributed by atoms with Crippen molar-refractivity contribution in [2.45, 2.75) is 6.04 Å². The maximum atomic E-state index is 8.40. The lowest BCUT2D eigenvalue weighted by atomic mass is 10.2. The van der Waals surface area contributed by atoms with E-state index in [2.05, 4.69) is 0 Å². The molecule has 0 bridgehead atoms. The van der Waals surface area contributed by atoms with Crippen LogP contribution < -0.4 is 5.73 Å². The molecule has 1 aromatic rings. The molecule has 0 saturated heterocycles. The first-order valence-electron chi connectivity index (χ1n) is 2.62. The van der Waals surface area contributed by atoms with Gasteiger partial charge in [0.05, 0.1) is 11.1 Å². The van der Waals surface area contributed by atoms with Gasteiger partial charge in [-0.05, 0) is 5.38 Å². The van der Waals surface area contributed by atoms with Gasteiger partial charge in [0.25, 0.3) is 0 Å². The molecule has 0 aliphatic rings. The van der Waals surface area contributed by atoms with Gasteiger partial charge < -0.3 is 5.73 Å². The van der Waals surface area contributed by atoms with E-state index in [1.54, 1.807) is 10.8 Å². The van der Waals surface area contributed by atoms with Crippen molar-refractivity contribution in [1.29, 1.82) is 5.26 Å². The Bertz CT molecular complexity index is 263. The van der Waals surface area contributed by atoms with Crippen LogP contribution in [-0.4, -0.2) is 0 Å². The van der Waals surface area contributed by atoms with E-state index in [-0.39, 0.29) is 0 Å². The lowest BCUT2D eigenvalue weighted by Gasteiger charge is -1.97. The summed E-state index contributed by atoms with van der Waals surface area (Å²) in [5, 5.41) is 12.5. The minimum Gasteiger partial charge on any atom is -0.312 e. The summed E-state index contributed by atoms with van der Waals surface area (Å²) in [6.45, 7) is 0.